The van der Waals surface area contributed by atoms with E-state index in [1.165, 1.54) is 11.3 Å². The van der Waals surface area contributed by atoms with Gasteiger partial charge in [0.05, 0.1) is 10.2 Å². The van der Waals surface area contributed by atoms with Crippen molar-refractivity contribution in [3.05, 3.63) is 53.6 Å². The summed E-state index contributed by atoms with van der Waals surface area (Å²) in [6.07, 6.45) is 2.86. The molecular weight excluding hydrogens is 346 g/mol. The van der Waals surface area contributed by atoms with Gasteiger partial charge in [-0.3, -0.25) is 9.59 Å². The van der Waals surface area contributed by atoms with Crippen LogP contribution in [0.1, 0.15) is 35.2 Å². The van der Waals surface area contributed by atoms with Crippen LogP contribution in [-0.4, -0.2) is 16.8 Å². The molecule has 26 heavy (non-hydrogen) atoms. The second-order valence-electron chi connectivity index (χ2n) is 6.67. The Hall–Kier alpha value is -2.73. The first kappa shape index (κ1) is 16.7. The highest BCUT2D eigenvalue weighted by Crippen LogP contribution is 2.33. The van der Waals surface area contributed by atoms with Crippen molar-refractivity contribution in [3.8, 4) is 0 Å². The molecule has 2 aromatic carbocycles. The zero-order chi connectivity index (χ0) is 18.1. The summed E-state index contributed by atoms with van der Waals surface area (Å²) in [4.78, 5) is 28.9. The summed E-state index contributed by atoms with van der Waals surface area (Å²) in [5.74, 6) is 0.402. The van der Waals surface area contributed by atoms with Gasteiger partial charge in [-0.15, -0.1) is 0 Å². The van der Waals surface area contributed by atoms with Gasteiger partial charge in [0.15, 0.2) is 5.13 Å². The van der Waals surface area contributed by atoms with Crippen LogP contribution >= 0.6 is 11.3 Å². The van der Waals surface area contributed by atoms with Gasteiger partial charge >= 0.3 is 0 Å². The summed E-state index contributed by atoms with van der Waals surface area (Å²) >= 11 is 1.39. The van der Waals surface area contributed by atoms with Crippen LogP contribution in [0.15, 0.2) is 42.5 Å². The summed E-state index contributed by atoms with van der Waals surface area (Å²) < 4.78 is 0.879. The second kappa shape index (κ2) is 6.88. The molecule has 2 amide bonds. The number of anilines is 2. The van der Waals surface area contributed by atoms with E-state index in [4.69, 9.17) is 0 Å². The molecule has 2 N–H and O–H groups in total. The van der Waals surface area contributed by atoms with Crippen molar-refractivity contribution in [3.63, 3.8) is 0 Å². The summed E-state index contributed by atoms with van der Waals surface area (Å²) in [6, 6.07) is 13.1. The molecule has 0 aliphatic heterocycles. The Morgan fingerprint density at radius 3 is 2.73 bits per heavy atom. The lowest BCUT2D eigenvalue weighted by molar-refractivity contribution is -0.116. The SMILES string of the molecule is Cc1ccccc1NC(=O)c1ccc2nc(NC(=O)CC3CC3)sc2c1. The van der Waals surface area contributed by atoms with Gasteiger partial charge in [-0.1, -0.05) is 29.5 Å². The molecule has 0 saturated heterocycles. The molecule has 0 spiro atoms. The third kappa shape index (κ3) is 3.75. The van der Waals surface area contributed by atoms with Crippen LogP contribution in [0.25, 0.3) is 10.2 Å². The van der Waals surface area contributed by atoms with Crippen LogP contribution in [0.5, 0.6) is 0 Å². The second-order valence-corrected chi connectivity index (χ2v) is 7.70. The average Bonchev–Trinajstić information content (AvgIpc) is 3.33. The van der Waals surface area contributed by atoms with Gasteiger partial charge in [0.2, 0.25) is 5.91 Å². The fourth-order valence-corrected chi connectivity index (χ4v) is 3.70. The molecular formula is C20H19N3O2S. The summed E-state index contributed by atoms with van der Waals surface area (Å²) in [7, 11) is 0. The number of hydrogen-bond acceptors (Lipinski definition) is 4. The number of aromatic nitrogens is 1. The van der Waals surface area contributed by atoms with Crippen molar-refractivity contribution >= 4 is 44.2 Å². The van der Waals surface area contributed by atoms with E-state index in [0.717, 1.165) is 34.3 Å². The van der Waals surface area contributed by atoms with Gasteiger partial charge in [-0.05, 0) is 55.5 Å². The Morgan fingerprint density at radius 2 is 1.96 bits per heavy atom. The normalized spacial score (nSPS) is 13.6. The van der Waals surface area contributed by atoms with Crippen molar-refractivity contribution in [1.82, 2.24) is 4.98 Å². The van der Waals surface area contributed by atoms with E-state index in [9.17, 15) is 9.59 Å². The lowest BCUT2D eigenvalue weighted by atomic mass is 10.1. The number of amides is 2. The van der Waals surface area contributed by atoms with Crippen LogP contribution in [0.4, 0.5) is 10.8 Å². The van der Waals surface area contributed by atoms with E-state index >= 15 is 0 Å². The number of fused-ring (bicyclic) bond motifs is 1. The van der Waals surface area contributed by atoms with Crippen LogP contribution in [0.3, 0.4) is 0 Å². The Kier molecular flexibility index (Phi) is 4.42. The van der Waals surface area contributed by atoms with E-state index in [-0.39, 0.29) is 11.8 Å². The van der Waals surface area contributed by atoms with E-state index in [0.29, 0.717) is 23.0 Å². The number of hydrogen-bond donors (Lipinski definition) is 2. The third-order valence-electron chi connectivity index (χ3n) is 4.46. The number of thiazole rings is 1. The quantitative estimate of drug-likeness (QED) is 0.694. The summed E-state index contributed by atoms with van der Waals surface area (Å²) in [5, 5.41) is 6.39. The van der Waals surface area contributed by atoms with Crippen LogP contribution in [0.2, 0.25) is 0 Å². The molecule has 1 aliphatic carbocycles. The van der Waals surface area contributed by atoms with Gasteiger partial charge in [-0.25, -0.2) is 4.98 Å². The van der Waals surface area contributed by atoms with E-state index in [2.05, 4.69) is 15.6 Å². The molecule has 132 valence electrons. The van der Waals surface area contributed by atoms with Crippen molar-refractivity contribution < 1.29 is 9.59 Å². The first-order valence-electron chi connectivity index (χ1n) is 8.66. The van der Waals surface area contributed by atoms with Gasteiger partial charge in [0.1, 0.15) is 0 Å². The molecule has 1 heterocycles. The largest absolute Gasteiger partial charge is 0.322 e. The molecule has 1 saturated carbocycles. The van der Waals surface area contributed by atoms with Gasteiger partial charge in [0.25, 0.3) is 5.91 Å². The molecule has 6 heteroatoms. The van der Waals surface area contributed by atoms with E-state index in [1.54, 1.807) is 6.07 Å². The molecule has 5 nitrogen and oxygen atoms in total. The molecule has 0 radical (unpaired) electrons. The highest BCUT2D eigenvalue weighted by Gasteiger charge is 2.24. The Balaban J connectivity index is 1.50. The number of aryl methyl sites for hydroxylation is 1. The number of rotatable bonds is 5. The number of benzene rings is 2. The van der Waals surface area contributed by atoms with Gasteiger partial charge < -0.3 is 10.6 Å². The van der Waals surface area contributed by atoms with Crippen LogP contribution in [0, 0.1) is 12.8 Å². The highest BCUT2D eigenvalue weighted by atomic mass is 32.1. The maximum atomic E-state index is 12.5. The molecule has 0 unspecified atom stereocenters. The number of para-hydroxylation sites is 1. The molecule has 1 fully saturated rings. The highest BCUT2D eigenvalue weighted by molar-refractivity contribution is 7.22. The van der Waals surface area contributed by atoms with Crippen molar-refractivity contribution in [1.29, 1.82) is 0 Å². The minimum absolute atomic E-state index is 0.0177. The zero-order valence-corrected chi connectivity index (χ0v) is 15.2. The number of carbonyl (C=O) groups is 2. The molecule has 4 rings (SSSR count). The predicted octanol–water partition coefficient (Wildman–Crippen LogP) is 4.60. The molecule has 3 aromatic rings. The fraction of sp³-hybridized carbons (Fsp3) is 0.250. The first-order valence-corrected chi connectivity index (χ1v) is 9.47. The minimum Gasteiger partial charge on any atom is -0.322 e. The smallest absolute Gasteiger partial charge is 0.255 e. The van der Waals surface area contributed by atoms with Crippen LogP contribution in [-0.2, 0) is 4.79 Å². The standard InChI is InChI=1S/C20H19N3O2S/c1-12-4-2-3-5-15(12)21-19(25)14-8-9-16-17(11-14)26-20(22-16)23-18(24)10-13-6-7-13/h2-5,8-9,11,13H,6-7,10H2,1H3,(H,21,25)(H,22,23,24). The lowest BCUT2D eigenvalue weighted by Crippen LogP contribution is -2.12. The van der Waals surface area contributed by atoms with Crippen molar-refractivity contribution in [2.75, 3.05) is 10.6 Å². The molecule has 1 aliphatic rings. The Bertz CT molecular complexity index is 992. The van der Waals surface area contributed by atoms with Gasteiger partial charge in [0, 0.05) is 17.7 Å². The maximum absolute atomic E-state index is 12.5. The first-order chi connectivity index (χ1) is 12.6. The number of nitrogens with zero attached hydrogens (tertiary/aromatic N) is 1. The summed E-state index contributed by atoms with van der Waals surface area (Å²) in [6.45, 7) is 1.96. The third-order valence-corrected chi connectivity index (χ3v) is 5.39. The topological polar surface area (TPSA) is 71.1 Å². The Labute approximate surface area is 155 Å². The van der Waals surface area contributed by atoms with E-state index < -0.39 is 0 Å². The minimum atomic E-state index is -0.158. The van der Waals surface area contributed by atoms with Crippen molar-refractivity contribution in [2.45, 2.75) is 26.2 Å². The lowest BCUT2D eigenvalue weighted by Gasteiger charge is -2.07. The molecule has 0 atom stereocenters. The fourth-order valence-electron chi connectivity index (χ4n) is 2.78. The molecule has 1 aromatic heterocycles. The maximum Gasteiger partial charge on any atom is 0.255 e. The monoisotopic (exact) mass is 365 g/mol. The number of carbonyl (C=O) groups excluding carboxylic acids is 2. The number of nitrogens with one attached hydrogen (secondary N) is 2. The van der Waals surface area contributed by atoms with Crippen LogP contribution < -0.4 is 10.6 Å². The van der Waals surface area contributed by atoms with Crippen molar-refractivity contribution in [2.24, 2.45) is 5.92 Å². The Morgan fingerprint density at radius 1 is 1.15 bits per heavy atom. The molecule has 0 bridgehead atoms. The van der Waals surface area contributed by atoms with E-state index in [1.807, 2.05) is 43.3 Å². The predicted molar refractivity (Wildman–Crippen MR) is 105 cm³/mol. The summed E-state index contributed by atoms with van der Waals surface area (Å²) in [5.41, 5.74) is 3.17. The zero-order valence-electron chi connectivity index (χ0n) is 14.4. The van der Waals surface area contributed by atoms with Gasteiger partial charge in [-0.2, -0.15) is 0 Å². The average molecular weight is 365 g/mol.